The molecule has 0 atom stereocenters. The van der Waals surface area contributed by atoms with Gasteiger partial charge in [0.15, 0.2) is 0 Å². The predicted octanol–water partition coefficient (Wildman–Crippen LogP) is 1.61. The Morgan fingerprint density at radius 3 is 2.91 bits per heavy atom. The van der Waals surface area contributed by atoms with Crippen LogP contribution in [0.5, 0.6) is 5.88 Å². The molecule has 0 saturated carbocycles. The summed E-state index contributed by atoms with van der Waals surface area (Å²) in [5.41, 5.74) is 0.817. The van der Waals surface area contributed by atoms with Gasteiger partial charge in [-0.15, -0.1) is 0 Å². The van der Waals surface area contributed by atoms with Gasteiger partial charge in [-0.25, -0.2) is 9.37 Å². The van der Waals surface area contributed by atoms with Gasteiger partial charge in [0.05, 0.1) is 0 Å². The van der Waals surface area contributed by atoms with Crippen LogP contribution in [0.2, 0.25) is 0 Å². The van der Waals surface area contributed by atoms with Crippen LogP contribution in [0.3, 0.4) is 0 Å². The van der Waals surface area contributed by atoms with E-state index in [1.165, 1.54) is 0 Å². The molecule has 1 aromatic rings. The van der Waals surface area contributed by atoms with E-state index in [9.17, 15) is 4.39 Å². The first-order valence-corrected chi connectivity index (χ1v) is 3.29. The van der Waals surface area contributed by atoms with Crippen molar-refractivity contribution in [3.05, 3.63) is 30.8 Å². The van der Waals surface area contributed by atoms with Crippen molar-refractivity contribution in [3.63, 3.8) is 0 Å². The number of aromatic nitrogens is 1. The van der Waals surface area contributed by atoms with Gasteiger partial charge in [-0.1, -0.05) is 6.07 Å². The molecule has 1 rings (SSSR count). The normalized spacial score (nSPS) is 9.64. The number of rotatable bonds is 3. The summed E-state index contributed by atoms with van der Waals surface area (Å²) in [6.07, 6.45) is 1.58. The van der Waals surface area contributed by atoms with Gasteiger partial charge >= 0.3 is 0 Å². The van der Waals surface area contributed by atoms with Crippen LogP contribution in [0.25, 0.3) is 0 Å². The highest BCUT2D eigenvalue weighted by Crippen LogP contribution is 2.05. The van der Waals surface area contributed by atoms with Crippen molar-refractivity contribution in [3.8, 4) is 5.88 Å². The summed E-state index contributed by atoms with van der Waals surface area (Å²) in [6.45, 7) is 3.22. The molecule has 1 radical (unpaired) electrons. The highest BCUT2D eigenvalue weighted by Gasteiger charge is 1.92. The number of pyridine rings is 1. The molecule has 0 fully saturated rings. The van der Waals surface area contributed by atoms with Crippen LogP contribution in [-0.2, 0) is 0 Å². The van der Waals surface area contributed by atoms with Gasteiger partial charge in [0.2, 0.25) is 5.88 Å². The minimum atomic E-state index is -0.492. The maximum atomic E-state index is 11.6. The molecule has 0 aliphatic heterocycles. The molecule has 0 bridgehead atoms. The van der Waals surface area contributed by atoms with Gasteiger partial charge in [-0.3, -0.25) is 0 Å². The van der Waals surface area contributed by atoms with E-state index < -0.39 is 6.67 Å². The Kier molecular flexibility index (Phi) is 2.83. The molecule has 0 aromatic carbocycles. The Balaban J connectivity index is 2.52. The molecule has 0 saturated heterocycles. The third-order valence-electron chi connectivity index (χ3n) is 1.12. The Hall–Kier alpha value is -1.12. The van der Waals surface area contributed by atoms with Crippen LogP contribution < -0.4 is 4.74 Å². The third-order valence-corrected chi connectivity index (χ3v) is 1.12. The zero-order chi connectivity index (χ0) is 8.10. The quantitative estimate of drug-likeness (QED) is 0.659. The topological polar surface area (TPSA) is 22.1 Å². The molecule has 0 aliphatic rings. The summed E-state index contributed by atoms with van der Waals surface area (Å²) in [5, 5.41) is 0. The van der Waals surface area contributed by atoms with Gasteiger partial charge in [0.25, 0.3) is 0 Å². The van der Waals surface area contributed by atoms with E-state index in [-0.39, 0.29) is 6.61 Å². The lowest BCUT2D eigenvalue weighted by molar-refractivity contribution is 0.264. The predicted molar refractivity (Wildman–Crippen MR) is 40.2 cm³/mol. The van der Waals surface area contributed by atoms with Crippen molar-refractivity contribution >= 4 is 0 Å². The van der Waals surface area contributed by atoms with E-state index in [0.717, 1.165) is 5.56 Å². The fraction of sp³-hybridized carbons (Fsp3) is 0.250. The first-order valence-electron chi connectivity index (χ1n) is 3.29. The lowest BCUT2D eigenvalue weighted by Gasteiger charge is -2.00. The number of hydrogen-bond donors (Lipinski definition) is 0. The summed E-state index contributed by atoms with van der Waals surface area (Å²) >= 11 is 0. The minimum Gasteiger partial charge on any atom is -0.475 e. The molecule has 0 N–H and O–H groups in total. The molecule has 3 heteroatoms. The second-order valence-corrected chi connectivity index (χ2v) is 2.04. The van der Waals surface area contributed by atoms with E-state index in [1.807, 2.05) is 0 Å². The highest BCUT2D eigenvalue weighted by atomic mass is 19.1. The number of alkyl halides is 1. The second kappa shape index (κ2) is 3.91. The molecule has 1 aromatic heterocycles. The smallest absolute Gasteiger partial charge is 0.213 e. The van der Waals surface area contributed by atoms with Gasteiger partial charge in [0.1, 0.15) is 13.3 Å². The van der Waals surface area contributed by atoms with Crippen molar-refractivity contribution < 1.29 is 9.13 Å². The van der Waals surface area contributed by atoms with Crippen LogP contribution >= 0.6 is 0 Å². The molecular weight excluding hydrogens is 145 g/mol. The Bertz CT molecular complexity index is 210. The SMILES string of the molecule is [CH2]c1ccc(OCCF)nc1. The van der Waals surface area contributed by atoms with Gasteiger partial charge in [-0.2, -0.15) is 0 Å². The van der Waals surface area contributed by atoms with Crippen molar-refractivity contribution in [1.82, 2.24) is 4.98 Å². The molecule has 1 heterocycles. The maximum Gasteiger partial charge on any atom is 0.213 e. The average molecular weight is 154 g/mol. The number of nitrogens with zero attached hydrogens (tertiary/aromatic N) is 1. The summed E-state index contributed by atoms with van der Waals surface area (Å²) in [4.78, 5) is 3.86. The van der Waals surface area contributed by atoms with Gasteiger partial charge < -0.3 is 4.74 Å². The second-order valence-electron chi connectivity index (χ2n) is 2.04. The molecular formula is C8H9FNO. The zero-order valence-corrected chi connectivity index (χ0v) is 6.09. The fourth-order valence-corrected chi connectivity index (χ4v) is 0.639. The Labute approximate surface area is 65.0 Å². The lowest BCUT2D eigenvalue weighted by Crippen LogP contribution is -1.99. The van der Waals surface area contributed by atoms with E-state index >= 15 is 0 Å². The van der Waals surface area contributed by atoms with Crippen LogP contribution in [0.4, 0.5) is 4.39 Å². The van der Waals surface area contributed by atoms with E-state index in [0.29, 0.717) is 5.88 Å². The van der Waals surface area contributed by atoms with Crippen molar-refractivity contribution in [2.45, 2.75) is 0 Å². The monoisotopic (exact) mass is 154 g/mol. The molecule has 11 heavy (non-hydrogen) atoms. The molecule has 0 aliphatic carbocycles. The van der Waals surface area contributed by atoms with Crippen LogP contribution in [0.1, 0.15) is 5.56 Å². The fourth-order valence-electron chi connectivity index (χ4n) is 0.639. The van der Waals surface area contributed by atoms with Gasteiger partial charge in [-0.05, 0) is 12.5 Å². The van der Waals surface area contributed by atoms with Gasteiger partial charge in [0, 0.05) is 12.3 Å². The largest absolute Gasteiger partial charge is 0.475 e. The van der Waals surface area contributed by atoms with E-state index in [2.05, 4.69) is 11.9 Å². The third kappa shape index (κ3) is 2.53. The number of halogens is 1. The molecule has 59 valence electrons. The standard InChI is InChI=1S/C8H9FNO/c1-7-2-3-8(10-6-7)11-5-4-9/h2-3,6H,1,4-5H2. The summed E-state index contributed by atoms with van der Waals surface area (Å²) < 4.78 is 16.5. The Morgan fingerprint density at radius 2 is 2.36 bits per heavy atom. The number of ether oxygens (including phenoxy) is 1. The van der Waals surface area contributed by atoms with E-state index in [1.54, 1.807) is 18.3 Å². The van der Waals surface area contributed by atoms with E-state index in [4.69, 9.17) is 4.74 Å². The number of hydrogen-bond acceptors (Lipinski definition) is 2. The molecule has 2 nitrogen and oxygen atoms in total. The summed E-state index contributed by atoms with van der Waals surface area (Å²) in [7, 11) is 0. The average Bonchev–Trinajstić information content (AvgIpc) is 2.04. The zero-order valence-electron chi connectivity index (χ0n) is 6.09. The van der Waals surface area contributed by atoms with Crippen LogP contribution in [0.15, 0.2) is 18.3 Å². The minimum absolute atomic E-state index is 0.0590. The first kappa shape index (κ1) is 7.98. The highest BCUT2D eigenvalue weighted by molar-refractivity contribution is 5.19. The van der Waals surface area contributed by atoms with Crippen LogP contribution in [-0.4, -0.2) is 18.3 Å². The summed E-state index contributed by atoms with van der Waals surface area (Å²) in [6, 6.07) is 3.43. The summed E-state index contributed by atoms with van der Waals surface area (Å²) in [5.74, 6) is 0.440. The molecule has 0 amide bonds. The lowest BCUT2D eigenvalue weighted by atomic mass is 10.3. The van der Waals surface area contributed by atoms with Crippen molar-refractivity contribution in [1.29, 1.82) is 0 Å². The molecule has 0 spiro atoms. The maximum absolute atomic E-state index is 11.6. The van der Waals surface area contributed by atoms with Crippen molar-refractivity contribution in [2.24, 2.45) is 0 Å². The van der Waals surface area contributed by atoms with Crippen molar-refractivity contribution in [2.75, 3.05) is 13.3 Å². The molecule has 0 unspecified atom stereocenters. The van der Waals surface area contributed by atoms with Crippen LogP contribution in [0, 0.1) is 6.92 Å². The Morgan fingerprint density at radius 1 is 1.55 bits per heavy atom. The first-order chi connectivity index (χ1) is 5.33.